The Labute approximate surface area is 100 Å². The van der Waals surface area contributed by atoms with Crippen molar-refractivity contribution in [3.63, 3.8) is 0 Å². The quantitative estimate of drug-likeness (QED) is 0.781. The number of hydrogen-bond acceptors (Lipinski definition) is 2. The topological polar surface area (TPSA) is 29.5 Å². The minimum Gasteiger partial charge on any atom is -0.390 e. The summed E-state index contributed by atoms with van der Waals surface area (Å²) in [5, 5.41) is 10.5. The fourth-order valence-corrected chi connectivity index (χ4v) is 2.81. The van der Waals surface area contributed by atoms with Crippen LogP contribution in [0.2, 0.25) is 0 Å². The second-order valence-corrected chi connectivity index (χ2v) is 5.51. The molecular formula is C14H28O2. The number of hydrogen-bond donors (Lipinski definition) is 1. The molecule has 2 heteroatoms. The largest absolute Gasteiger partial charge is 0.390 e. The van der Waals surface area contributed by atoms with Gasteiger partial charge in [0, 0.05) is 6.61 Å². The molecule has 1 rings (SSSR count). The Hall–Kier alpha value is -0.0800. The molecule has 0 amide bonds. The average Bonchev–Trinajstić information content (AvgIpc) is 2.30. The monoisotopic (exact) mass is 228 g/mol. The predicted molar refractivity (Wildman–Crippen MR) is 67.5 cm³/mol. The van der Waals surface area contributed by atoms with Gasteiger partial charge in [0.05, 0.1) is 11.7 Å². The molecule has 0 aromatic rings. The molecule has 0 aromatic heterocycles. The van der Waals surface area contributed by atoms with Crippen molar-refractivity contribution >= 4 is 0 Å². The molecule has 0 heterocycles. The highest BCUT2D eigenvalue weighted by atomic mass is 16.5. The number of aliphatic hydroxyl groups is 1. The number of aliphatic hydroxyl groups excluding tert-OH is 1. The second kappa shape index (κ2) is 6.02. The molecule has 0 bridgehead atoms. The van der Waals surface area contributed by atoms with Gasteiger partial charge in [-0.25, -0.2) is 0 Å². The fourth-order valence-electron chi connectivity index (χ4n) is 2.81. The molecule has 0 aliphatic heterocycles. The van der Waals surface area contributed by atoms with E-state index in [0.29, 0.717) is 12.5 Å². The van der Waals surface area contributed by atoms with Crippen LogP contribution in [-0.2, 0) is 4.74 Å². The Morgan fingerprint density at radius 3 is 2.31 bits per heavy atom. The summed E-state index contributed by atoms with van der Waals surface area (Å²) in [6.45, 7) is 9.30. The molecular weight excluding hydrogens is 200 g/mol. The zero-order chi connectivity index (χ0) is 12.2. The summed E-state index contributed by atoms with van der Waals surface area (Å²) in [4.78, 5) is 0. The molecule has 16 heavy (non-hydrogen) atoms. The Morgan fingerprint density at radius 1 is 1.31 bits per heavy atom. The lowest BCUT2D eigenvalue weighted by Gasteiger charge is -2.44. The summed E-state index contributed by atoms with van der Waals surface area (Å²) in [5.41, 5.74) is -0.253. The van der Waals surface area contributed by atoms with E-state index in [1.54, 1.807) is 0 Å². The second-order valence-electron chi connectivity index (χ2n) is 5.51. The molecule has 96 valence electrons. The Kier molecular flexibility index (Phi) is 5.26. The highest BCUT2D eigenvalue weighted by Crippen LogP contribution is 2.39. The molecule has 1 aliphatic rings. The van der Waals surface area contributed by atoms with Crippen molar-refractivity contribution in [2.75, 3.05) is 6.61 Å². The van der Waals surface area contributed by atoms with E-state index in [1.807, 2.05) is 6.92 Å². The zero-order valence-electron chi connectivity index (χ0n) is 11.3. The van der Waals surface area contributed by atoms with Crippen LogP contribution < -0.4 is 0 Å². The van der Waals surface area contributed by atoms with Crippen LogP contribution in [0.1, 0.15) is 59.8 Å². The molecule has 0 aromatic carbocycles. The van der Waals surface area contributed by atoms with E-state index < -0.39 is 0 Å². The van der Waals surface area contributed by atoms with E-state index in [0.717, 1.165) is 25.2 Å². The van der Waals surface area contributed by atoms with Crippen molar-refractivity contribution in [1.82, 2.24) is 0 Å². The normalized spacial score (nSPS) is 34.7. The zero-order valence-corrected chi connectivity index (χ0v) is 11.3. The van der Waals surface area contributed by atoms with Gasteiger partial charge in [0.25, 0.3) is 0 Å². The summed E-state index contributed by atoms with van der Waals surface area (Å²) in [6, 6.07) is 0. The number of ether oxygens (including phenoxy) is 1. The summed E-state index contributed by atoms with van der Waals surface area (Å²) >= 11 is 0. The van der Waals surface area contributed by atoms with Crippen molar-refractivity contribution in [3.05, 3.63) is 0 Å². The standard InChI is InChI=1S/C14H28O2/c1-5-12(4)13(15)14(16-6-2)9-7-11(3)8-10-14/h11-13,15H,5-10H2,1-4H3. The lowest BCUT2D eigenvalue weighted by molar-refractivity contribution is -0.159. The van der Waals surface area contributed by atoms with E-state index >= 15 is 0 Å². The van der Waals surface area contributed by atoms with Crippen molar-refractivity contribution < 1.29 is 9.84 Å². The van der Waals surface area contributed by atoms with Crippen LogP contribution in [0, 0.1) is 11.8 Å². The van der Waals surface area contributed by atoms with E-state index in [9.17, 15) is 5.11 Å². The molecule has 0 saturated heterocycles. The van der Waals surface area contributed by atoms with E-state index in [4.69, 9.17) is 4.74 Å². The van der Waals surface area contributed by atoms with Crippen molar-refractivity contribution in [2.45, 2.75) is 71.5 Å². The lowest BCUT2D eigenvalue weighted by atomic mass is 9.73. The average molecular weight is 228 g/mol. The summed E-state index contributed by atoms with van der Waals surface area (Å²) in [7, 11) is 0. The third-order valence-electron chi connectivity index (χ3n) is 4.27. The van der Waals surface area contributed by atoms with Gasteiger partial charge in [-0.2, -0.15) is 0 Å². The molecule has 1 fully saturated rings. The first-order valence-corrected chi connectivity index (χ1v) is 6.87. The minimum absolute atomic E-state index is 0.253. The molecule has 0 spiro atoms. The van der Waals surface area contributed by atoms with Crippen LogP contribution in [0.5, 0.6) is 0 Å². The summed E-state index contributed by atoms with van der Waals surface area (Å²) in [5.74, 6) is 1.12. The van der Waals surface area contributed by atoms with Gasteiger partial charge in [0.15, 0.2) is 0 Å². The van der Waals surface area contributed by atoms with Crippen LogP contribution in [-0.4, -0.2) is 23.4 Å². The van der Waals surface area contributed by atoms with Crippen LogP contribution in [0.3, 0.4) is 0 Å². The van der Waals surface area contributed by atoms with Crippen molar-refractivity contribution in [3.8, 4) is 0 Å². The van der Waals surface area contributed by atoms with Gasteiger partial charge < -0.3 is 9.84 Å². The molecule has 1 saturated carbocycles. The Bertz CT molecular complexity index is 195. The van der Waals surface area contributed by atoms with E-state index in [-0.39, 0.29) is 11.7 Å². The summed E-state index contributed by atoms with van der Waals surface area (Å²) < 4.78 is 5.95. The van der Waals surface area contributed by atoms with Gasteiger partial charge in [0.1, 0.15) is 0 Å². The summed E-state index contributed by atoms with van der Waals surface area (Å²) in [6.07, 6.45) is 5.14. The predicted octanol–water partition coefficient (Wildman–Crippen LogP) is 3.38. The lowest BCUT2D eigenvalue weighted by Crippen LogP contribution is -2.50. The molecule has 2 atom stereocenters. The SMILES string of the molecule is CCOC1(C(O)C(C)CC)CCC(C)CC1. The van der Waals surface area contributed by atoms with Gasteiger partial charge in [-0.1, -0.05) is 27.2 Å². The van der Waals surface area contributed by atoms with Gasteiger partial charge in [-0.15, -0.1) is 0 Å². The minimum atomic E-state index is -0.301. The first kappa shape index (κ1) is 14.0. The molecule has 1 aliphatic carbocycles. The molecule has 1 N–H and O–H groups in total. The van der Waals surface area contributed by atoms with E-state index in [1.165, 1.54) is 12.8 Å². The van der Waals surface area contributed by atoms with Crippen molar-refractivity contribution in [2.24, 2.45) is 11.8 Å². The maximum atomic E-state index is 10.5. The Morgan fingerprint density at radius 2 is 1.88 bits per heavy atom. The first-order valence-electron chi connectivity index (χ1n) is 6.87. The van der Waals surface area contributed by atoms with Crippen LogP contribution >= 0.6 is 0 Å². The smallest absolute Gasteiger partial charge is 0.0942 e. The van der Waals surface area contributed by atoms with Gasteiger partial charge in [-0.05, 0) is 44.4 Å². The molecule has 2 unspecified atom stereocenters. The van der Waals surface area contributed by atoms with Gasteiger partial charge in [-0.3, -0.25) is 0 Å². The third-order valence-corrected chi connectivity index (χ3v) is 4.27. The highest BCUT2D eigenvalue weighted by molar-refractivity contribution is 4.94. The number of rotatable bonds is 5. The molecule has 2 nitrogen and oxygen atoms in total. The van der Waals surface area contributed by atoms with E-state index in [2.05, 4.69) is 20.8 Å². The third kappa shape index (κ3) is 2.98. The van der Waals surface area contributed by atoms with Crippen LogP contribution in [0.15, 0.2) is 0 Å². The van der Waals surface area contributed by atoms with Gasteiger partial charge >= 0.3 is 0 Å². The highest BCUT2D eigenvalue weighted by Gasteiger charge is 2.43. The van der Waals surface area contributed by atoms with Crippen LogP contribution in [0.4, 0.5) is 0 Å². The maximum Gasteiger partial charge on any atom is 0.0942 e. The molecule has 0 radical (unpaired) electrons. The van der Waals surface area contributed by atoms with Crippen molar-refractivity contribution in [1.29, 1.82) is 0 Å². The van der Waals surface area contributed by atoms with Crippen LogP contribution in [0.25, 0.3) is 0 Å². The Balaban J connectivity index is 2.71. The maximum absolute atomic E-state index is 10.5. The fraction of sp³-hybridized carbons (Fsp3) is 1.00. The first-order chi connectivity index (χ1) is 7.55. The van der Waals surface area contributed by atoms with Gasteiger partial charge in [0.2, 0.25) is 0 Å².